The zero-order valence-electron chi connectivity index (χ0n) is 16.6. The van der Waals surface area contributed by atoms with Crippen LogP contribution in [-0.2, 0) is 10.0 Å². The topological polar surface area (TPSA) is 79.0 Å². The molecule has 1 saturated heterocycles. The lowest BCUT2D eigenvalue weighted by molar-refractivity contribution is 0.171. The molecule has 3 rings (SSSR count). The van der Waals surface area contributed by atoms with Crippen molar-refractivity contribution >= 4 is 16.1 Å². The van der Waals surface area contributed by atoms with E-state index in [0.717, 1.165) is 16.4 Å². The Hall–Kier alpha value is -2.79. The number of piperazine rings is 1. The first-order chi connectivity index (χ1) is 14.8. The number of rotatable bonds is 7. The third-order valence-corrected chi connectivity index (χ3v) is 6.63. The standard InChI is InChI=1S/C20H22F3N3O4S/c21-15-2-5-17(6-3-15)30-13-1-8-24-20(27)25-9-11-26(12-10-25)31(28,29)19-14-16(22)4-7-18(19)23/h2-7,14H,1,8-13H2,(H,24,27). The smallest absolute Gasteiger partial charge is 0.317 e. The minimum absolute atomic E-state index is 0.0284. The van der Waals surface area contributed by atoms with E-state index in [1.54, 1.807) is 0 Å². The molecule has 0 saturated carbocycles. The maximum Gasteiger partial charge on any atom is 0.317 e. The number of halogens is 3. The van der Waals surface area contributed by atoms with Crippen molar-refractivity contribution in [3.8, 4) is 5.75 Å². The normalized spacial score (nSPS) is 15.0. The highest BCUT2D eigenvalue weighted by Crippen LogP contribution is 2.21. The molecule has 1 N–H and O–H groups in total. The molecule has 168 valence electrons. The summed E-state index contributed by atoms with van der Waals surface area (Å²) < 4.78 is 71.7. The number of carbonyl (C=O) groups is 1. The van der Waals surface area contributed by atoms with E-state index >= 15 is 0 Å². The molecule has 1 heterocycles. The fourth-order valence-electron chi connectivity index (χ4n) is 3.05. The number of hydrogen-bond donors (Lipinski definition) is 1. The Kier molecular flexibility index (Phi) is 7.39. The van der Waals surface area contributed by atoms with Gasteiger partial charge in [-0.15, -0.1) is 0 Å². The van der Waals surface area contributed by atoms with Crippen molar-refractivity contribution in [3.05, 3.63) is 59.9 Å². The van der Waals surface area contributed by atoms with Crippen molar-refractivity contribution in [2.45, 2.75) is 11.3 Å². The van der Waals surface area contributed by atoms with Crippen molar-refractivity contribution in [1.29, 1.82) is 0 Å². The zero-order valence-corrected chi connectivity index (χ0v) is 17.4. The zero-order chi connectivity index (χ0) is 22.4. The van der Waals surface area contributed by atoms with Crippen LogP contribution in [0.25, 0.3) is 0 Å². The molecule has 0 unspecified atom stereocenters. The third kappa shape index (κ3) is 5.88. The van der Waals surface area contributed by atoms with Gasteiger partial charge in [0.2, 0.25) is 10.0 Å². The molecule has 2 aromatic rings. The predicted molar refractivity (Wildman–Crippen MR) is 107 cm³/mol. The van der Waals surface area contributed by atoms with E-state index in [1.807, 2.05) is 0 Å². The van der Waals surface area contributed by atoms with Crippen molar-refractivity contribution in [1.82, 2.24) is 14.5 Å². The van der Waals surface area contributed by atoms with E-state index in [9.17, 15) is 26.4 Å². The van der Waals surface area contributed by atoms with Crippen LogP contribution in [0.5, 0.6) is 5.75 Å². The van der Waals surface area contributed by atoms with E-state index in [0.29, 0.717) is 31.4 Å². The van der Waals surface area contributed by atoms with Crippen LogP contribution in [-0.4, -0.2) is 63.0 Å². The molecule has 1 fully saturated rings. The van der Waals surface area contributed by atoms with E-state index in [4.69, 9.17) is 4.74 Å². The number of hydrogen-bond acceptors (Lipinski definition) is 4. The Morgan fingerprint density at radius 1 is 0.968 bits per heavy atom. The van der Waals surface area contributed by atoms with Gasteiger partial charge in [-0.2, -0.15) is 4.31 Å². The molecule has 1 aliphatic rings. The minimum Gasteiger partial charge on any atom is -0.494 e. The molecule has 11 heteroatoms. The highest BCUT2D eigenvalue weighted by molar-refractivity contribution is 7.89. The van der Waals surface area contributed by atoms with Crippen LogP contribution in [0, 0.1) is 17.5 Å². The summed E-state index contributed by atoms with van der Waals surface area (Å²) in [6, 6.07) is 7.52. The first kappa shape index (κ1) is 22.9. The van der Waals surface area contributed by atoms with Gasteiger partial charge in [-0.3, -0.25) is 0 Å². The molecule has 2 amide bonds. The van der Waals surface area contributed by atoms with Gasteiger partial charge in [0.05, 0.1) is 6.61 Å². The lowest BCUT2D eigenvalue weighted by atomic mass is 10.3. The summed E-state index contributed by atoms with van der Waals surface area (Å²) in [7, 11) is -4.20. The molecule has 0 atom stereocenters. The summed E-state index contributed by atoms with van der Waals surface area (Å²) in [5.74, 6) is -1.70. The van der Waals surface area contributed by atoms with Crippen LogP contribution in [0.15, 0.2) is 47.4 Å². The highest BCUT2D eigenvalue weighted by Gasteiger charge is 2.32. The van der Waals surface area contributed by atoms with Gasteiger partial charge < -0.3 is 15.0 Å². The molecule has 0 aliphatic carbocycles. The van der Waals surface area contributed by atoms with Gasteiger partial charge in [0.15, 0.2) is 0 Å². The number of sulfonamides is 1. The van der Waals surface area contributed by atoms with E-state index < -0.39 is 26.6 Å². The van der Waals surface area contributed by atoms with Gasteiger partial charge in [-0.1, -0.05) is 0 Å². The van der Waals surface area contributed by atoms with Crippen molar-refractivity contribution in [3.63, 3.8) is 0 Å². The van der Waals surface area contributed by atoms with Crippen molar-refractivity contribution in [2.24, 2.45) is 0 Å². The summed E-state index contributed by atoms with van der Waals surface area (Å²) in [6.07, 6.45) is 0.524. The largest absolute Gasteiger partial charge is 0.494 e. The van der Waals surface area contributed by atoms with Crippen LogP contribution in [0.1, 0.15) is 6.42 Å². The third-order valence-electron chi connectivity index (χ3n) is 4.72. The van der Waals surface area contributed by atoms with E-state index in [-0.39, 0.29) is 38.0 Å². The van der Waals surface area contributed by atoms with Crippen molar-refractivity contribution < 1.29 is 31.1 Å². The number of nitrogens with zero attached hydrogens (tertiary/aromatic N) is 2. The second kappa shape index (κ2) is 10.0. The molecule has 0 radical (unpaired) electrons. The average Bonchev–Trinajstić information content (AvgIpc) is 2.76. The summed E-state index contributed by atoms with van der Waals surface area (Å²) in [5.41, 5.74) is 0. The van der Waals surface area contributed by atoms with Crippen LogP contribution in [0.3, 0.4) is 0 Å². The Balaban J connectivity index is 1.42. The Bertz CT molecular complexity index is 1010. The van der Waals surface area contributed by atoms with Crippen molar-refractivity contribution in [2.75, 3.05) is 39.3 Å². The van der Waals surface area contributed by atoms with Crippen LogP contribution >= 0.6 is 0 Å². The predicted octanol–water partition coefficient (Wildman–Crippen LogP) is 2.59. The average molecular weight is 457 g/mol. The highest BCUT2D eigenvalue weighted by atomic mass is 32.2. The van der Waals surface area contributed by atoms with Crippen LogP contribution in [0.2, 0.25) is 0 Å². The number of nitrogens with one attached hydrogen (secondary N) is 1. The lowest BCUT2D eigenvalue weighted by Crippen LogP contribution is -2.53. The molecule has 31 heavy (non-hydrogen) atoms. The summed E-state index contributed by atoms with van der Waals surface area (Å²) in [5, 5.41) is 2.72. The number of amides is 2. The van der Waals surface area contributed by atoms with E-state index in [1.165, 1.54) is 29.2 Å². The Labute approximate surface area is 178 Å². The summed E-state index contributed by atoms with van der Waals surface area (Å²) >= 11 is 0. The molecule has 2 aromatic carbocycles. The SMILES string of the molecule is O=C(NCCCOc1ccc(F)cc1)N1CCN(S(=O)(=O)c2cc(F)ccc2F)CC1. The van der Waals surface area contributed by atoms with Crippen LogP contribution in [0.4, 0.5) is 18.0 Å². The van der Waals surface area contributed by atoms with Gasteiger partial charge in [0.1, 0.15) is 28.1 Å². The fraction of sp³-hybridized carbons (Fsp3) is 0.350. The first-order valence-electron chi connectivity index (χ1n) is 9.64. The maximum absolute atomic E-state index is 13.9. The number of benzene rings is 2. The van der Waals surface area contributed by atoms with Gasteiger partial charge in [-0.25, -0.2) is 26.4 Å². The molecule has 0 bridgehead atoms. The quantitative estimate of drug-likeness (QED) is 0.649. The van der Waals surface area contributed by atoms with Gasteiger partial charge >= 0.3 is 6.03 Å². The number of ether oxygens (including phenoxy) is 1. The summed E-state index contributed by atoms with van der Waals surface area (Å²) in [6.45, 7) is 0.852. The Morgan fingerprint density at radius 3 is 2.29 bits per heavy atom. The molecule has 0 aromatic heterocycles. The fourth-order valence-corrected chi connectivity index (χ4v) is 4.54. The Morgan fingerprint density at radius 2 is 1.61 bits per heavy atom. The first-order valence-corrected chi connectivity index (χ1v) is 11.1. The second-order valence-electron chi connectivity index (χ2n) is 6.85. The van der Waals surface area contributed by atoms with E-state index in [2.05, 4.69) is 5.32 Å². The molecule has 0 spiro atoms. The number of urea groups is 1. The summed E-state index contributed by atoms with van der Waals surface area (Å²) in [4.78, 5) is 13.0. The lowest BCUT2D eigenvalue weighted by Gasteiger charge is -2.34. The molecular formula is C20H22F3N3O4S. The maximum atomic E-state index is 13.9. The molecule has 7 nitrogen and oxygen atoms in total. The van der Waals surface area contributed by atoms with Gasteiger partial charge in [-0.05, 0) is 48.9 Å². The molecular weight excluding hydrogens is 435 g/mol. The van der Waals surface area contributed by atoms with Gasteiger partial charge in [0.25, 0.3) is 0 Å². The second-order valence-corrected chi connectivity index (χ2v) is 8.76. The van der Waals surface area contributed by atoms with Gasteiger partial charge in [0, 0.05) is 32.7 Å². The monoisotopic (exact) mass is 457 g/mol. The van der Waals surface area contributed by atoms with Crippen LogP contribution < -0.4 is 10.1 Å². The minimum atomic E-state index is -4.20. The number of carbonyl (C=O) groups excluding carboxylic acids is 1. The molecule has 1 aliphatic heterocycles.